The van der Waals surface area contributed by atoms with Gasteiger partial charge in [0.2, 0.25) is 11.8 Å². The number of hydrogen-bond donors (Lipinski definition) is 0. The van der Waals surface area contributed by atoms with Gasteiger partial charge in [-0.1, -0.05) is 31.5 Å². The van der Waals surface area contributed by atoms with Crippen LogP contribution in [0.1, 0.15) is 43.7 Å². The van der Waals surface area contributed by atoms with Gasteiger partial charge in [-0.05, 0) is 48.6 Å². The molecule has 2 aromatic rings. The topological polar surface area (TPSA) is 53.5 Å². The number of rotatable bonds is 7. The van der Waals surface area contributed by atoms with Gasteiger partial charge in [0.25, 0.3) is 0 Å². The Bertz CT molecular complexity index is 831. The number of pyridine rings is 1. The van der Waals surface area contributed by atoms with E-state index in [1.165, 1.54) is 5.56 Å². The van der Waals surface area contributed by atoms with Crippen molar-refractivity contribution in [1.29, 1.82) is 0 Å². The molecule has 1 aliphatic carbocycles. The number of amides is 2. The molecular weight excluding hydrogens is 350 g/mol. The number of carbonyl (C=O) groups excluding carboxylic acids is 2. The van der Waals surface area contributed by atoms with Crippen molar-refractivity contribution in [3.8, 4) is 0 Å². The van der Waals surface area contributed by atoms with E-state index >= 15 is 0 Å². The molecule has 28 heavy (non-hydrogen) atoms. The Morgan fingerprint density at radius 2 is 1.96 bits per heavy atom. The van der Waals surface area contributed by atoms with Gasteiger partial charge in [-0.2, -0.15) is 0 Å². The molecule has 146 valence electrons. The molecule has 0 spiro atoms. The third-order valence-electron chi connectivity index (χ3n) is 5.61. The minimum Gasteiger partial charge on any atom is -0.335 e. The van der Waals surface area contributed by atoms with Crippen molar-refractivity contribution >= 4 is 17.5 Å². The number of aryl methyl sites for hydroxylation is 1. The molecule has 2 heterocycles. The molecule has 2 fully saturated rings. The molecule has 4 rings (SSSR count). The number of benzene rings is 1. The van der Waals surface area contributed by atoms with E-state index in [9.17, 15) is 9.59 Å². The van der Waals surface area contributed by atoms with E-state index in [1.54, 1.807) is 11.1 Å². The van der Waals surface area contributed by atoms with Crippen molar-refractivity contribution in [3.05, 3.63) is 59.9 Å². The van der Waals surface area contributed by atoms with Crippen LogP contribution in [0.3, 0.4) is 0 Å². The summed E-state index contributed by atoms with van der Waals surface area (Å²) >= 11 is 0. The lowest BCUT2D eigenvalue weighted by Crippen LogP contribution is -2.38. The second-order valence-corrected chi connectivity index (χ2v) is 7.88. The Hall–Kier alpha value is -2.69. The molecule has 5 nitrogen and oxygen atoms in total. The summed E-state index contributed by atoms with van der Waals surface area (Å²) in [6.07, 6.45) is 8.10. The van der Waals surface area contributed by atoms with Crippen LogP contribution in [0.5, 0.6) is 0 Å². The Morgan fingerprint density at radius 1 is 1.18 bits per heavy atom. The van der Waals surface area contributed by atoms with Gasteiger partial charge in [0.05, 0.1) is 5.92 Å². The van der Waals surface area contributed by atoms with Gasteiger partial charge in [0, 0.05) is 43.6 Å². The monoisotopic (exact) mass is 377 g/mol. The van der Waals surface area contributed by atoms with Gasteiger partial charge < -0.3 is 9.80 Å². The zero-order valence-electron chi connectivity index (χ0n) is 16.4. The molecule has 1 aromatic carbocycles. The predicted molar refractivity (Wildman–Crippen MR) is 109 cm³/mol. The molecule has 0 bridgehead atoms. The van der Waals surface area contributed by atoms with Crippen LogP contribution in [0.15, 0.2) is 48.8 Å². The molecule has 2 amide bonds. The summed E-state index contributed by atoms with van der Waals surface area (Å²) in [6, 6.07) is 12.4. The number of hydrogen-bond acceptors (Lipinski definition) is 3. The summed E-state index contributed by atoms with van der Waals surface area (Å²) in [7, 11) is 0. The third-order valence-corrected chi connectivity index (χ3v) is 5.61. The minimum absolute atomic E-state index is 0.0405. The first-order valence-corrected chi connectivity index (χ1v) is 10.2. The maximum Gasteiger partial charge on any atom is 0.228 e. The zero-order chi connectivity index (χ0) is 19.5. The Labute approximate surface area is 166 Å². The second-order valence-electron chi connectivity index (χ2n) is 7.88. The van der Waals surface area contributed by atoms with Gasteiger partial charge in [-0.25, -0.2) is 0 Å². The first kappa shape index (κ1) is 18.7. The zero-order valence-corrected chi connectivity index (χ0v) is 16.4. The first-order valence-electron chi connectivity index (χ1n) is 10.2. The lowest BCUT2D eigenvalue weighted by Gasteiger charge is -2.25. The summed E-state index contributed by atoms with van der Waals surface area (Å²) in [6.45, 7) is 3.21. The van der Waals surface area contributed by atoms with E-state index in [4.69, 9.17) is 0 Å². The average molecular weight is 377 g/mol. The lowest BCUT2D eigenvalue weighted by atomic mass is 10.1. The fourth-order valence-electron chi connectivity index (χ4n) is 3.95. The Morgan fingerprint density at radius 3 is 2.61 bits per heavy atom. The SMILES string of the molecule is CCCc1ccc(N2C[C@H](C(=O)N(Cc3cccnc3)C3CC3)CC2=O)cc1. The molecular formula is C23H27N3O2. The molecule has 0 unspecified atom stereocenters. The van der Waals surface area contributed by atoms with E-state index < -0.39 is 0 Å². The van der Waals surface area contributed by atoms with Crippen LogP contribution in [0.4, 0.5) is 5.69 Å². The van der Waals surface area contributed by atoms with Crippen molar-refractivity contribution in [2.75, 3.05) is 11.4 Å². The van der Waals surface area contributed by atoms with Gasteiger partial charge in [-0.15, -0.1) is 0 Å². The van der Waals surface area contributed by atoms with Crippen LogP contribution in [-0.4, -0.2) is 34.3 Å². The summed E-state index contributed by atoms with van der Waals surface area (Å²) in [5, 5.41) is 0. The molecule has 5 heteroatoms. The summed E-state index contributed by atoms with van der Waals surface area (Å²) in [4.78, 5) is 33.7. The molecule has 0 radical (unpaired) electrons. The van der Waals surface area contributed by atoms with Crippen LogP contribution in [0.25, 0.3) is 0 Å². The number of anilines is 1. The standard InChI is InChI=1S/C23H27N3O2/c1-2-4-17-6-8-20(9-7-17)25-16-19(13-22(25)27)23(28)26(21-10-11-21)15-18-5-3-12-24-14-18/h3,5-9,12,14,19,21H,2,4,10-11,13,15-16H2,1H3/t19-/m1/s1. The van der Waals surface area contributed by atoms with Crippen LogP contribution >= 0.6 is 0 Å². The second kappa shape index (κ2) is 8.13. The van der Waals surface area contributed by atoms with Crippen molar-refractivity contribution in [3.63, 3.8) is 0 Å². The van der Waals surface area contributed by atoms with Crippen molar-refractivity contribution in [1.82, 2.24) is 9.88 Å². The largest absolute Gasteiger partial charge is 0.335 e. The highest BCUT2D eigenvalue weighted by Crippen LogP contribution is 2.33. The molecule has 2 aliphatic rings. The highest BCUT2D eigenvalue weighted by atomic mass is 16.2. The molecule has 1 saturated heterocycles. The highest BCUT2D eigenvalue weighted by molar-refractivity contribution is 6.00. The van der Waals surface area contributed by atoms with Crippen molar-refractivity contribution in [2.45, 2.75) is 51.6 Å². The van der Waals surface area contributed by atoms with E-state index in [-0.39, 0.29) is 17.7 Å². The van der Waals surface area contributed by atoms with Crippen LogP contribution in [0, 0.1) is 5.92 Å². The maximum absolute atomic E-state index is 13.2. The highest BCUT2D eigenvalue weighted by Gasteiger charge is 2.41. The summed E-state index contributed by atoms with van der Waals surface area (Å²) in [5.41, 5.74) is 3.21. The Balaban J connectivity index is 1.45. The van der Waals surface area contributed by atoms with Crippen LogP contribution in [0.2, 0.25) is 0 Å². The van der Waals surface area contributed by atoms with Gasteiger partial charge in [0.15, 0.2) is 0 Å². The number of carbonyl (C=O) groups is 2. The number of aromatic nitrogens is 1. The third kappa shape index (κ3) is 4.08. The molecule has 1 aromatic heterocycles. The van der Waals surface area contributed by atoms with E-state index in [0.717, 1.165) is 36.9 Å². The fraction of sp³-hybridized carbons (Fsp3) is 0.435. The molecule has 1 saturated carbocycles. The summed E-state index contributed by atoms with van der Waals surface area (Å²) < 4.78 is 0. The molecule has 1 aliphatic heterocycles. The Kier molecular flexibility index (Phi) is 5.42. The fourth-order valence-corrected chi connectivity index (χ4v) is 3.95. The van der Waals surface area contributed by atoms with E-state index in [1.807, 2.05) is 35.4 Å². The first-order chi connectivity index (χ1) is 13.7. The minimum atomic E-state index is -0.264. The lowest BCUT2D eigenvalue weighted by molar-refractivity contribution is -0.137. The predicted octanol–water partition coefficient (Wildman–Crippen LogP) is 3.58. The molecule has 0 N–H and O–H groups in total. The van der Waals surface area contributed by atoms with E-state index in [2.05, 4.69) is 24.0 Å². The van der Waals surface area contributed by atoms with Crippen LogP contribution in [-0.2, 0) is 22.6 Å². The number of nitrogens with zero attached hydrogens (tertiary/aromatic N) is 3. The van der Waals surface area contributed by atoms with Gasteiger partial charge >= 0.3 is 0 Å². The smallest absolute Gasteiger partial charge is 0.228 e. The van der Waals surface area contributed by atoms with Crippen molar-refractivity contribution < 1.29 is 9.59 Å². The summed E-state index contributed by atoms with van der Waals surface area (Å²) in [5.74, 6) is -0.122. The van der Waals surface area contributed by atoms with Gasteiger partial charge in [0.1, 0.15) is 0 Å². The van der Waals surface area contributed by atoms with Crippen molar-refractivity contribution in [2.24, 2.45) is 5.92 Å². The van der Waals surface area contributed by atoms with E-state index in [0.29, 0.717) is 25.6 Å². The normalized spacial score (nSPS) is 19.1. The molecule has 1 atom stereocenters. The van der Waals surface area contributed by atoms with Gasteiger partial charge in [-0.3, -0.25) is 14.6 Å². The quantitative estimate of drug-likeness (QED) is 0.741. The average Bonchev–Trinajstić information content (AvgIpc) is 3.49. The maximum atomic E-state index is 13.2. The van der Waals surface area contributed by atoms with Crippen LogP contribution < -0.4 is 4.90 Å².